The number of carboxylic acid groups (broad SMARTS) is 1. The summed E-state index contributed by atoms with van der Waals surface area (Å²) in [5.41, 5.74) is 2.91. The van der Waals surface area contributed by atoms with Crippen molar-refractivity contribution in [2.45, 2.75) is 19.9 Å². The Morgan fingerprint density at radius 2 is 2.19 bits per heavy atom. The maximum Gasteiger partial charge on any atom is 0.322 e. The topological polar surface area (TPSA) is 81.7 Å². The van der Waals surface area contributed by atoms with Gasteiger partial charge in [0.05, 0.1) is 6.54 Å². The summed E-state index contributed by atoms with van der Waals surface area (Å²) in [5.74, 6) is -1.09. The third-order valence-electron chi connectivity index (χ3n) is 3.64. The SMILES string of the molecule is Cc1ccc(NC(=O)CN2CCNCC2C(=O)O)c(C)c1. The molecule has 1 saturated heterocycles. The quantitative estimate of drug-likeness (QED) is 0.757. The van der Waals surface area contributed by atoms with Crippen molar-refractivity contribution in [3.63, 3.8) is 0 Å². The molecule has 1 aromatic carbocycles. The molecule has 1 aromatic rings. The molecule has 1 aliphatic heterocycles. The van der Waals surface area contributed by atoms with Crippen LogP contribution in [-0.2, 0) is 9.59 Å². The molecule has 0 aromatic heterocycles. The third-order valence-corrected chi connectivity index (χ3v) is 3.64. The van der Waals surface area contributed by atoms with Crippen molar-refractivity contribution in [3.8, 4) is 0 Å². The van der Waals surface area contributed by atoms with Crippen LogP contribution in [0.5, 0.6) is 0 Å². The summed E-state index contributed by atoms with van der Waals surface area (Å²) in [6.07, 6.45) is 0. The van der Waals surface area contributed by atoms with Crippen molar-refractivity contribution >= 4 is 17.6 Å². The number of carboxylic acids is 1. The monoisotopic (exact) mass is 291 g/mol. The minimum atomic E-state index is -0.901. The second-order valence-electron chi connectivity index (χ2n) is 5.40. The lowest BCUT2D eigenvalue weighted by molar-refractivity contribution is -0.144. The number of nitrogens with one attached hydrogen (secondary N) is 2. The number of aryl methyl sites for hydroxylation is 2. The molecule has 114 valence electrons. The van der Waals surface area contributed by atoms with E-state index in [1.807, 2.05) is 32.0 Å². The van der Waals surface area contributed by atoms with Crippen LogP contribution in [0.4, 0.5) is 5.69 Å². The average molecular weight is 291 g/mol. The van der Waals surface area contributed by atoms with Gasteiger partial charge in [0.1, 0.15) is 6.04 Å². The van der Waals surface area contributed by atoms with E-state index in [4.69, 9.17) is 0 Å². The van der Waals surface area contributed by atoms with E-state index in [1.165, 1.54) is 0 Å². The van der Waals surface area contributed by atoms with Gasteiger partial charge in [-0.2, -0.15) is 0 Å². The number of rotatable bonds is 4. The molecule has 1 aliphatic rings. The van der Waals surface area contributed by atoms with Gasteiger partial charge in [0.15, 0.2) is 0 Å². The van der Waals surface area contributed by atoms with Gasteiger partial charge in [0.2, 0.25) is 5.91 Å². The van der Waals surface area contributed by atoms with E-state index in [-0.39, 0.29) is 12.5 Å². The molecule has 6 heteroatoms. The third kappa shape index (κ3) is 4.03. The van der Waals surface area contributed by atoms with Gasteiger partial charge in [-0.05, 0) is 25.5 Å². The number of nitrogens with zero attached hydrogens (tertiary/aromatic N) is 1. The predicted octanol–water partition coefficient (Wildman–Crippen LogP) is 0.600. The van der Waals surface area contributed by atoms with Crippen LogP contribution in [0, 0.1) is 13.8 Å². The van der Waals surface area contributed by atoms with Gasteiger partial charge in [-0.25, -0.2) is 0 Å². The van der Waals surface area contributed by atoms with Gasteiger partial charge in [-0.15, -0.1) is 0 Å². The Hall–Kier alpha value is -1.92. The molecule has 1 atom stereocenters. The second-order valence-corrected chi connectivity index (χ2v) is 5.40. The lowest BCUT2D eigenvalue weighted by Crippen LogP contribution is -2.56. The number of carbonyl (C=O) groups is 2. The zero-order chi connectivity index (χ0) is 15.4. The normalized spacial score (nSPS) is 19.2. The summed E-state index contributed by atoms with van der Waals surface area (Å²) < 4.78 is 0. The zero-order valence-corrected chi connectivity index (χ0v) is 12.3. The number of piperazine rings is 1. The molecule has 0 saturated carbocycles. The van der Waals surface area contributed by atoms with E-state index in [9.17, 15) is 14.7 Å². The van der Waals surface area contributed by atoms with Gasteiger partial charge in [0, 0.05) is 25.3 Å². The van der Waals surface area contributed by atoms with Crippen LogP contribution in [0.3, 0.4) is 0 Å². The molecule has 0 radical (unpaired) electrons. The van der Waals surface area contributed by atoms with Crippen LogP contribution in [0.1, 0.15) is 11.1 Å². The van der Waals surface area contributed by atoms with Crippen molar-refractivity contribution in [1.82, 2.24) is 10.2 Å². The largest absolute Gasteiger partial charge is 0.480 e. The molecule has 0 aliphatic carbocycles. The summed E-state index contributed by atoms with van der Waals surface area (Å²) in [7, 11) is 0. The summed E-state index contributed by atoms with van der Waals surface area (Å²) in [5, 5.41) is 15.1. The van der Waals surface area contributed by atoms with E-state index >= 15 is 0 Å². The van der Waals surface area contributed by atoms with Crippen molar-refractivity contribution in [1.29, 1.82) is 0 Å². The molecular formula is C15H21N3O3. The highest BCUT2D eigenvalue weighted by Crippen LogP contribution is 2.16. The highest BCUT2D eigenvalue weighted by atomic mass is 16.4. The van der Waals surface area contributed by atoms with E-state index in [0.717, 1.165) is 16.8 Å². The summed E-state index contributed by atoms with van der Waals surface area (Å²) >= 11 is 0. The molecule has 1 heterocycles. The van der Waals surface area contributed by atoms with E-state index < -0.39 is 12.0 Å². The number of benzene rings is 1. The fourth-order valence-electron chi connectivity index (χ4n) is 2.51. The number of carbonyl (C=O) groups excluding carboxylic acids is 1. The minimum Gasteiger partial charge on any atom is -0.480 e. The van der Waals surface area contributed by atoms with Crippen molar-refractivity contribution < 1.29 is 14.7 Å². The van der Waals surface area contributed by atoms with Gasteiger partial charge >= 0.3 is 5.97 Å². The van der Waals surface area contributed by atoms with E-state index in [1.54, 1.807) is 4.90 Å². The van der Waals surface area contributed by atoms with Crippen molar-refractivity contribution in [2.24, 2.45) is 0 Å². The van der Waals surface area contributed by atoms with Gasteiger partial charge < -0.3 is 15.7 Å². The van der Waals surface area contributed by atoms with Crippen molar-refractivity contribution in [3.05, 3.63) is 29.3 Å². The van der Waals surface area contributed by atoms with Crippen LogP contribution in [0.2, 0.25) is 0 Å². The summed E-state index contributed by atoms with van der Waals surface area (Å²) in [4.78, 5) is 25.0. The molecule has 6 nitrogen and oxygen atoms in total. The molecule has 21 heavy (non-hydrogen) atoms. The van der Waals surface area contributed by atoms with Crippen LogP contribution in [0.25, 0.3) is 0 Å². The Kier molecular flexibility index (Phi) is 4.93. The second kappa shape index (κ2) is 6.69. The lowest BCUT2D eigenvalue weighted by Gasteiger charge is -2.32. The molecule has 0 bridgehead atoms. The Morgan fingerprint density at radius 1 is 1.43 bits per heavy atom. The number of anilines is 1. The fourth-order valence-corrected chi connectivity index (χ4v) is 2.51. The molecule has 1 amide bonds. The standard InChI is InChI=1S/C15H21N3O3/c1-10-3-4-12(11(2)7-10)17-14(19)9-18-6-5-16-8-13(18)15(20)21/h3-4,7,13,16H,5-6,8-9H2,1-2H3,(H,17,19)(H,20,21). The van der Waals surface area contributed by atoms with Crippen LogP contribution in [0.15, 0.2) is 18.2 Å². The highest BCUT2D eigenvalue weighted by molar-refractivity contribution is 5.93. The van der Waals surface area contributed by atoms with Gasteiger partial charge in [0.25, 0.3) is 0 Å². The fraction of sp³-hybridized carbons (Fsp3) is 0.467. The first-order chi connectivity index (χ1) is 9.97. The number of hydrogen-bond acceptors (Lipinski definition) is 4. The molecule has 3 N–H and O–H groups in total. The molecule has 0 spiro atoms. The first kappa shape index (κ1) is 15.5. The average Bonchev–Trinajstić information content (AvgIpc) is 2.42. The minimum absolute atomic E-state index is 0.0892. The van der Waals surface area contributed by atoms with Crippen LogP contribution >= 0.6 is 0 Å². The van der Waals surface area contributed by atoms with Gasteiger partial charge in [-0.3, -0.25) is 14.5 Å². The Labute approximate surface area is 124 Å². The summed E-state index contributed by atoms with van der Waals surface area (Å²) in [6, 6.07) is 5.16. The van der Waals surface area contributed by atoms with Crippen LogP contribution in [-0.4, -0.2) is 54.1 Å². The molecule has 2 rings (SSSR count). The molecular weight excluding hydrogens is 270 g/mol. The van der Waals surface area contributed by atoms with Gasteiger partial charge in [-0.1, -0.05) is 17.7 Å². The molecule has 1 fully saturated rings. The maximum absolute atomic E-state index is 12.1. The first-order valence-corrected chi connectivity index (χ1v) is 7.02. The van der Waals surface area contributed by atoms with Crippen molar-refractivity contribution in [2.75, 3.05) is 31.5 Å². The number of amides is 1. The number of aliphatic carboxylic acids is 1. The smallest absolute Gasteiger partial charge is 0.322 e. The Bertz CT molecular complexity index is 545. The number of hydrogen-bond donors (Lipinski definition) is 3. The Morgan fingerprint density at radius 3 is 2.86 bits per heavy atom. The lowest BCUT2D eigenvalue weighted by atomic mass is 10.1. The van der Waals surface area contributed by atoms with E-state index in [2.05, 4.69) is 10.6 Å². The predicted molar refractivity (Wildman–Crippen MR) is 80.4 cm³/mol. The van der Waals surface area contributed by atoms with E-state index in [0.29, 0.717) is 19.6 Å². The Balaban J connectivity index is 1.98. The summed E-state index contributed by atoms with van der Waals surface area (Å²) in [6.45, 7) is 5.64. The highest BCUT2D eigenvalue weighted by Gasteiger charge is 2.29. The first-order valence-electron chi connectivity index (χ1n) is 7.02. The van der Waals surface area contributed by atoms with Crippen LogP contribution < -0.4 is 10.6 Å². The zero-order valence-electron chi connectivity index (χ0n) is 12.3. The molecule has 1 unspecified atom stereocenters. The maximum atomic E-state index is 12.1.